The number of likely N-dealkylation sites (N-methyl/N-ethyl adjacent to an activating group) is 1. The molecule has 2 fully saturated rings. The predicted octanol–water partition coefficient (Wildman–Crippen LogP) is 0.279. The van der Waals surface area contributed by atoms with Crippen molar-refractivity contribution in [1.29, 1.82) is 5.26 Å². The van der Waals surface area contributed by atoms with Gasteiger partial charge < -0.3 is 10.2 Å². The zero-order valence-corrected chi connectivity index (χ0v) is 15.7. The summed E-state index contributed by atoms with van der Waals surface area (Å²) in [7, 11) is 0. The van der Waals surface area contributed by atoms with E-state index in [1.165, 1.54) is 0 Å². The minimum atomic E-state index is -0.147. The molecular formula is C18H31N5O2. The summed E-state index contributed by atoms with van der Waals surface area (Å²) in [5.74, 6) is 0.0545. The molecule has 2 amide bonds. The van der Waals surface area contributed by atoms with Crippen LogP contribution in [0.3, 0.4) is 0 Å². The molecule has 0 bridgehead atoms. The molecule has 1 aliphatic carbocycles. The Bertz CT molecular complexity index is 506. The van der Waals surface area contributed by atoms with E-state index in [1.807, 2.05) is 20.8 Å². The molecule has 0 radical (unpaired) electrons. The second-order valence-electron chi connectivity index (χ2n) is 7.23. The second-order valence-corrected chi connectivity index (χ2v) is 7.23. The van der Waals surface area contributed by atoms with Crippen molar-refractivity contribution in [1.82, 2.24) is 20.0 Å². The van der Waals surface area contributed by atoms with E-state index >= 15 is 0 Å². The van der Waals surface area contributed by atoms with E-state index in [1.54, 1.807) is 4.90 Å². The van der Waals surface area contributed by atoms with Crippen LogP contribution in [0.15, 0.2) is 0 Å². The number of nitriles is 1. The van der Waals surface area contributed by atoms with Crippen molar-refractivity contribution in [3.8, 4) is 6.07 Å². The summed E-state index contributed by atoms with van der Waals surface area (Å²) in [4.78, 5) is 30.7. The standard InChI is InChI=1S/C18H31N5O2/c1-4-22(12-14(2)11-19)17(24)13-21-7-9-23(10-8-21)15(3)18(25)20-16-5-6-16/h14-16H,4-10,12-13H2,1-3H3,(H,20,25). The van der Waals surface area contributed by atoms with Gasteiger partial charge in [-0.05, 0) is 33.6 Å². The molecule has 1 heterocycles. The summed E-state index contributed by atoms with van der Waals surface area (Å²) in [6, 6.07) is 2.47. The van der Waals surface area contributed by atoms with Gasteiger partial charge in [-0.25, -0.2) is 0 Å². The third kappa shape index (κ3) is 5.98. The van der Waals surface area contributed by atoms with Crippen molar-refractivity contribution in [2.75, 3.05) is 45.8 Å². The highest BCUT2D eigenvalue weighted by Gasteiger charge is 2.30. The van der Waals surface area contributed by atoms with Crippen LogP contribution in [0, 0.1) is 17.2 Å². The maximum Gasteiger partial charge on any atom is 0.237 e. The van der Waals surface area contributed by atoms with E-state index in [0.29, 0.717) is 25.7 Å². The molecule has 1 aliphatic heterocycles. The summed E-state index contributed by atoms with van der Waals surface area (Å²) in [5.41, 5.74) is 0. The van der Waals surface area contributed by atoms with E-state index in [9.17, 15) is 9.59 Å². The maximum absolute atomic E-state index is 12.4. The summed E-state index contributed by atoms with van der Waals surface area (Å²) >= 11 is 0. The Morgan fingerprint density at radius 1 is 1.24 bits per heavy atom. The van der Waals surface area contributed by atoms with Gasteiger partial charge in [0.1, 0.15) is 0 Å². The molecule has 7 nitrogen and oxygen atoms in total. The number of rotatable bonds is 8. The van der Waals surface area contributed by atoms with Crippen LogP contribution in [-0.2, 0) is 9.59 Å². The Hall–Kier alpha value is -1.65. The Labute approximate surface area is 150 Å². The van der Waals surface area contributed by atoms with Gasteiger partial charge in [-0.2, -0.15) is 5.26 Å². The zero-order chi connectivity index (χ0) is 18.4. The average molecular weight is 349 g/mol. The number of nitrogens with one attached hydrogen (secondary N) is 1. The fourth-order valence-electron chi connectivity index (χ4n) is 3.09. The molecule has 2 unspecified atom stereocenters. The minimum absolute atomic E-state index is 0.0811. The minimum Gasteiger partial charge on any atom is -0.352 e. The smallest absolute Gasteiger partial charge is 0.237 e. The second kappa shape index (κ2) is 9.16. The van der Waals surface area contributed by atoms with Crippen LogP contribution >= 0.6 is 0 Å². The van der Waals surface area contributed by atoms with Gasteiger partial charge >= 0.3 is 0 Å². The molecule has 1 saturated heterocycles. The lowest BCUT2D eigenvalue weighted by Crippen LogP contribution is -2.55. The lowest BCUT2D eigenvalue weighted by Gasteiger charge is -2.37. The fraction of sp³-hybridized carbons (Fsp3) is 0.833. The molecule has 1 saturated carbocycles. The lowest BCUT2D eigenvalue weighted by molar-refractivity contribution is -0.134. The highest BCUT2D eigenvalue weighted by molar-refractivity contribution is 5.82. The zero-order valence-electron chi connectivity index (χ0n) is 15.7. The van der Waals surface area contributed by atoms with E-state index in [2.05, 4.69) is 21.2 Å². The van der Waals surface area contributed by atoms with Gasteiger partial charge in [0, 0.05) is 45.3 Å². The Balaban J connectivity index is 1.74. The van der Waals surface area contributed by atoms with E-state index in [0.717, 1.165) is 39.0 Å². The largest absolute Gasteiger partial charge is 0.352 e. The van der Waals surface area contributed by atoms with Crippen LogP contribution in [0.2, 0.25) is 0 Å². The van der Waals surface area contributed by atoms with Crippen molar-refractivity contribution in [2.45, 2.75) is 45.7 Å². The van der Waals surface area contributed by atoms with Crippen LogP contribution in [0.1, 0.15) is 33.6 Å². The number of hydrogen-bond donors (Lipinski definition) is 1. The summed E-state index contributed by atoms with van der Waals surface area (Å²) < 4.78 is 0. The third-order valence-electron chi connectivity index (χ3n) is 5.07. The van der Waals surface area contributed by atoms with Gasteiger partial charge in [0.25, 0.3) is 0 Å². The van der Waals surface area contributed by atoms with Gasteiger partial charge in [0.15, 0.2) is 0 Å². The SMILES string of the molecule is CCN(CC(C)C#N)C(=O)CN1CCN(C(C)C(=O)NC2CC2)CC1. The van der Waals surface area contributed by atoms with Crippen molar-refractivity contribution in [3.05, 3.63) is 0 Å². The van der Waals surface area contributed by atoms with Gasteiger partial charge in [-0.3, -0.25) is 19.4 Å². The summed E-state index contributed by atoms with van der Waals surface area (Å²) in [5, 5.41) is 12.0. The molecule has 140 valence electrons. The van der Waals surface area contributed by atoms with Crippen LogP contribution in [-0.4, -0.2) is 84.4 Å². The van der Waals surface area contributed by atoms with Gasteiger partial charge in [-0.1, -0.05) is 0 Å². The lowest BCUT2D eigenvalue weighted by atomic mass is 10.2. The quantitative estimate of drug-likeness (QED) is 0.681. The normalized spacial score (nSPS) is 21.2. The molecule has 0 spiro atoms. The number of nitrogens with zero attached hydrogens (tertiary/aromatic N) is 4. The van der Waals surface area contributed by atoms with Gasteiger partial charge in [-0.15, -0.1) is 0 Å². The molecule has 0 aromatic carbocycles. The van der Waals surface area contributed by atoms with Crippen molar-refractivity contribution < 1.29 is 9.59 Å². The molecular weight excluding hydrogens is 318 g/mol. The van der Waals surface area contributed by atoms with E-state index in [-0.39, 0.29) is 23.8 Å². The van der Waals surface area contributed by atoms with E-state index in [4.69, 9.17) is 5.26 Å². The predicted molar refractivity (Wildman–Crippen MR) is 95.7 cm³/mol. The van der Waals surface area contributed by atoms with Gasteiger partial charge in [0.2, 0.25) is 11.8 Å². The molecule has 2 atom stereocenters. The number of carbonyl (C=O) groups is 2. The van der Waals surface area contributed by atoms with Gasteiger partial charge in [0.05, 0.1) is 24.6 Å². The Morgan fingerprint density at radius 3 is 2.40 bits per heavy atom. The Morgan fingerprint density at radius 2 is 1.88 bits per heavy atom. The van der Waals surface area contributed by atoms with Crippen LogP contribution in [0.25, 0.3) is 0 Å². The number of piperazine rings is 1. The first-order valence-corrected chi connectivity index (χ1v) is 9.38. The molecule has 0 aromatic heterocycles. The molecule has 2 aliphatic rings. The van der Waals surface area contributed by atoms with Crippen LogP contribution < -0.4 is 5.32 Å². The molecule has 7 heteroatoms. The Kier molecular flexibility index (Phi) is 7.21. The first kappa shape index (κ1) is 19.7. The highest BCUT2D eigenvalue weighted by Crippen LogP contribution is 2.19. The van der Waals surface area contributed by atoms with Crippen LogP contribution in [0.4, 0.5) is 0 Å². The maximum atomic E-state index is 12.4. The summed E-state index contributed by atoms with van der Waals surface area (Å²) in [6.45, 7) is 10.4. The van der Waals surface area contributed by atoms with Crippen molar-refractivity contribution in [2.24, 2.45) is 5.92 Å². The fourth-order valence-corrected chi connectivity index (χ4v) is 3.09. The molecule has 25 heavy (non-hydrogen) atoms. The topological polar surface area (TPSA) is 79.7 Å². The van der Waals surface area contributed by atoms with E-state index < -0.39 is 0 Å². The number of amides is 2. The van der Waals surface area contributed by atoms with Crippen molar-refractivity contribution in [3.63, 3.8) is 0 Å². The monoisotopic (exact) mass is 349 g/mol. The average Bonchev–Trinajstić information content (AvgIpc) is 3.43. The number of hydrogen-bond acceptors (Lipinski definition) is 5. The summed E-state index contributed by atoms with van der Waals surface area (Å²) in [6.07, 6.45) is 2.21. The molecule has 2 rings (SSSR count). The highest BCUT2D eigenvalue weighted by atomic mass is 16.2. The number of carbonyl (C=O) groups excluding carboxylic acids is 2. The molecule has 1 N–H and O–H groups in total. The first-order valence-electron chi connectivity index (χ1n) is 9.38. The third-order valence-corrected chi connectivity index (χ3v) is 5.07. The first-order chi connectivity index (χ1) is 11.9. The van der Waals surface area contributed by atoms with Crippen LogP contribution in [0.5, 0.6) is 0 Å². The molecule has 0 aromatic rings. The van der Waals surface area contributed by atoms with Crippen molar-refractivity contribution >= 4 is 11.8 Å².